The van der Waals surface area contributed by atoms with Gasteiger partial charge in [0.2, 0.25) is 0 Å². The molecule has 1 aromatic carbocycles. The first-order valence-corrected chi connectivity index (χ1v) is 7.93. The van der Waals surface area contributed by atoms with Crippen LogP contribution in [0, 0.1) is 5.92 Å². The van der Waals surface area contributed by atoms with Crippen LogP contribution < -0.4 is 4.74 Å². The van der Waals surface area contributed by atoms with Crippen LogP contribution in [0.2, 0.25) is 0 Å². The summed E-state index contributed by atoms with van der Waals surface area (Å²) in [7, 11) is 3.94. The maximum atomic E-state index is 11.4. The maximum Gasteiger partial charge on any atom is 0.120 e. The molecule has 0 spiro atoms. The van der Waals surface area contributed by atoms with Gasteiger partial charge in [-0.1, -0.05) is 13.0 Å². The highest BCUT2D eigenvalue weighted by Gasteiger charge is 2.48. The number of aldehydes is 1. The van der Waals surface area contributed by atoms with Gasteiger partial charge in [0.1, 0.15) is 12.0 Å². The maximum absolute atomic E-state index is 11.4. The highest BCUT2D eigenvalue weighted by molar-refractivity contribution is 5.56. The molecule has 21 heavy (non-hydrogen) atoms. The Morgan fingerprint density at radius 2 is 2.29 bits per heavy atom. The number of likely N-dealkylation sites (N-methyl/N-ethyl adjacent to an activating group) is 1. The fourth-order valence-corrected chi connectivity index (χ4v) is 4.60. The van der Waals surface area contributed by atoms with E-state index < -0.39 is 0 Å². The molecule has 0 amide bonds. The van der Waals surface area contributed by atoms with Crippen LogP contribution in [0.5, 0.6) is 5.75 Å². The Morgan fingerprint density at radius 3 is 3.00 bits per heavy atom. The van der Waals surface area contributed by atoms with E-state index in [1.807, 2.05) is 0 Å². The van der Waals surface area contributed by atoms with Crippen molar-refractivity contribution in [3.05, 3.63) is 29.3 Å². The number of carbonyl (C=O) groups is 1. The Labute approximate surface area is 127 Å². The molecule has 3 heteroatoms. The van der Waals surface area contributed by atoms with Crippen molar-refractivity contribution in [1.29, 1.82) is 0 Å². The molecule has 2 bridgehead atoms. The second kappa shape index (κ2) is 5.45. The van der Waals surface area contributed by atoms with Crippen molar-refractivity contribution >= 4 is 6.29 Å². The van der Waals surface area contributed by atoms with Crippen LogP contribution in [0.1, 0.15) is 37.3 Å². The number of hydrogen-bond acceptors (Lipinski definition) is 3. The minimum atomic E-state index is -0.0146. The number of benzene rings is 1. The van der Waals surface area contributed by atoms with E-state index in [9.17, 15) is 4.79 Å². The van der Waals surface area contributed by atoms with E-state index in [0.717, 1.165) is 37.8 Å². The average Bonchev–Trinajstić information content (AvgIpc) is 2.57. The minimum absolute atomic E-state index is 0.0146. The van der Waals surface area contributed by atoms with Crippen LogP contribution in [0.3, 0.4) is 0 Å². The third-order valence-electron chi connectivity index (χ3n) is 5.88. The number of methoxy groups -OCH3 is 1. The van der Waals surface area contributed by atoms with Gasteiger partial charge >= 0.3 is 0 Å². The fourth-order valence-electron chi connectivity index (χ4n) is 4.60. The Hall–Kier alpha value is -1.35. The lowest BCUT2D eigenvalue weighted by molar-refractivity contribution is -0.109. The van der Waals surface area contributed by atoms with Crippen molar-refractivity contribution in [2.24, 2.45) is 5.92 Å². The summed E-state index contributed by atoms with van der Waals surface area (Å²) in [6.07, 6.45) is 5.07. The number of carbonyl (C=O) groups excluding carboxylic acids is 1. The van der Waals surface area contributed by atoms with Crippen molar-refractivity contribution in [2.75, 3.05) is 20.7 Å². The monoisotopic (exact) mass is 287 g/mol. The molecule has 2 aliphatic rings. The molecular weight excluding hydrogens is 262 g/mol. The average molecular weight is 287 g/mol. The van der Waals surface area contributed by atoms with Gasteiger partial charge in [0.05, 0.1) is 7.11 Å². The zero-order valence-corrected chi connectivity index (χ0v) is 13.3. The minimum Gasteiger partial charge on any atom is -0.497 e. The third kappa shape index (κ3) is 2.18. The highest BCUT2D eigenvalue weighted by Crippen LogP contribution is 2.50. The number of likely N-dealkylation sites (tertiary alicyclic amines) is 1. The molecule has 3 rings (SSSR count). The molecular formula is C18H25NO2. The van der Waals surface area contributed by atoms with Gasteiger partial charge in [0, 0.05) is 17.9 Å². The predicted octanol–water partition coefficient (Wildman–Crippen LogP) is 2.81. The zero-order chi connectivity index (χ0) is 15.0. The van der Waals surface area contributed by atoms with Crippen LogP contribution in [-0.4, -0.2) is 37.9 Å². The summed E-state index contributed by atoms with van der Waals surface area (Å²) in [5, 5.41) is 0. The summed E-state index contributed by atoms with van der Waals surface area (Å²) in [4.78, 5) is 13.9. The number of fused-ring (bicyclic) bond motifs is 4. The lowest BCUT2D eigenvalue weighted by Gasteiger charge is -2.47. The molecule has 1 heterocycles. The van der Waals surface area contributed by atoms with E-state index in [1.165, 1.54) is 11.1 Å². The van der Waals surface area contributed by atoms with Gasteiger partial charge in [-0.3, -0.25) is 0 Å². The van der Waals surface area contributed by atoms with E-state index in [-0.39, 0.29) is 5.41 Å². The summed E-state index contributed by atoms with van der Waals surface area (Å²) >= 11 is 0. The molecule has 1 saturated heterocycles. The molecule has 1 aromatic rings. The largest absolute Gasteiger partial charge is 0.497 e. The van der Waals surface area contributed by atoms with Gasteiger partial charge in [-0.25, -0.2) is 0 Å². The summed E-state index contributed by atoms with van der Waals surface area (Å²) in [6.45, 7) is 3.46. The van der Waals surface area contributed by atoms with Crippen LogP contribution in [0.25, 0.3) is 0 Å². The van der Waals surface area contributed by atoms with Gasteiger partial charge < -0.3 is 14.4 Å². The Morgan fingerprint density at radius 1 is 1.48 bits per heavy atom. The normalized spacial score (nSPS) is 32.1. The number of nitrogens with zero attached hydrogens (tertiary/aromatic N) is 1. The molecule has 0 aromatic heterocycles. The van der Waals surface area contributed by atoms with Crippen molar-refractivity contribution < 1.29 is 9.53 Å². The van der Waals surface area contributed by atoms with Crippen LogP contribution in [-0.2, 0) is 16.6 Å². The lowest BCUT2D eigenvalue weighted by atomic mass is 9.59. The second-order valence-electron chi connectivity index (χ2n) is 6.69. The topological polar surface area (TPSA) is 29.5 Å². The summed E-state index contributed by atoms with van der Waals surface area (Å²) in [5.74, 6) is 1.40. The standard InChI is InChI=1S/C18H25NO2/c1-13-17-11-14-5-6-15(21-3)12-16(14)18(13,8-10-20)7-4-9-19(17)2/h5-6,10,12-13,17H,4,7-9,11H2,1-3H3/t13-,17+,18-/m0/s1. The van der Waals surface area contributed by atoms with Gasteiger partial charge in [-0.2, -0.15) is 0 Å². The molecule has 0 unspecified atom stereocenters. The molecule has 1 fully saturated rings. The van der Waals surface area contributed by atoms with E-state index >= 15 is 0 Å². The van der Waals surface area contributed by atoms with Gasteiger partial charge in [-0.05, 0) is 62.0 Å². The fraction of sp³-hybridized carbons (Fsp3) is 0.611. The third-order valence-corrected chi connectivity index (χ3v) is 5.88. The van der Waals surface area contributed by atoms with E-state index in [2.05, 4.69) is 37.1 Å². The Balaban J connectivity index is 2.18. The molecule has 1 aliphatic heterocycles. The van der Waals surface area contributed by atoms with Crippen molar-refractivity contribution in [3.63, 3.8) is 0 Å². The van der Waals surface area contributed by atoms with E-state index in [1.54, 1.807) is 7.11 Å². The number of hydrogen-bond donors (Lipinski definition) is 0. The van der Waals surface area contributed by atoms with Crippen molar-refractivity contribution in [3.8, 4) is 5.75 Å². The predicted molar refractivity (Wildman–Crippen MR) is 83.9 cm³/mol. The molecule has 114 valence electrons. The smallest absolute Gasteiger partial charge is 0.120 e. The molecule has 1 aliphatic carbocycles. The lowest BCUT2D eigenvalue weighted by Crippen LogP contribution is -2.49. The zero-order valence-electron chi connectivity index (χ0n) is 13.3. The number of ether oxygens (including phenoxy) is 1. The SMILES string of the molecule is COc1ccc2c(c1)[C@]1(CC=O)CCCN(C)[C@H](C2)[C@@H]1C. The summed E-state index contributed by atoms with van der Waals surface area (Å²) in [5.41, 5.74) is 2.74. The highest BCUT2D eigenvalue weighted by atomic mass is 16.5. The summed E-state index contributed by atoms with van der Waals surface area (Å²) in [6, 6.07) is 6.96. The van der Waals surface area contributed by atoms with Crippen LogP contribution >= 0.6 is 0 Å². The molecule has 0 saturated carbocycles. The van der Waals surface area contributed by atoms with E-state index in [0.29, 0.717) is 18.4 Å². The van der Waals surface area contributed by atoms with Gasteiger partial charge in [0.25, 0.3) is 0 Å². The Kier molecular flexibility index (Phi) is 3.78. The molecule has 3 nitrogen and oxygen atoms in total. The first kappa shape index (κ1) is 14.6. The van der Waals surface area contributed by atoms with Gasteiger partial charge in [0.15, 0.2) is 0 Å². The Bertz CT molecular complexity index is 542. The molecule has 3 atom stereocenters. The van der Waals surface area contributed by atoms with Crippen LogP contribution in [0.15, 0.2) is 18.2 Å². The second-order valence-corrected chi connectivity index (χ2v) is 6.69. The van der Waals surface area contributed by atoms with Crippen LogP contribution in [0.4, 0.5) is 0 Å². The first-order chi connectivity index (χ1) is 10.1. The van der Waals surface area contributed by atoms with E-state index in [4.69, 9.17) is 4.74 Å². The van der Waals surface area contributed by atoms with Gasteiger partial charge in [-0.15, -0.1) is 0 Å². The first-order valence-electron chi connectivity index (χ1n) is 7.93. The molecule has 0 radical (unpaired) electrons. The van der Waals surface area contributed by atoms with Crippen molar-refractivity contribution in [1.82, 2.24) is 4.90 Å². The quantitative estimate of drug-likeness (QED) is 0.801. The van der Waals surface area contributed by atoms with Crippen molar-refractivity contribution in [2.45, 2.75) is 44.1 Å². The molecule has 0 N–H and O–H groups in total. The summed E-state index contributed by atoms with van der Waals surface area (Å²) < 4.78 is 5.43. The number of rotatable bonds is 3.